The molecule has 0 aromatic carbocycles. The van der Waals surface area contributed by atoms with Crippen LogP contribution in [0.15, 0.2) is 5.16 Å². The third-order valence-corrected chi connectivity index (χ3v) is 2.95. The molecule has 0 aliphatic rings. The minimum atomic E-state index is -4.50. The number of alkyl halides is 3. The van der Waals surface area contributed by atoms with Gasteiger partial charge in [0.25, 0.3) is 0 Å². The van der Waals surface area contributed by atoms with Crippen LogP contribution in [0.1, 0.15) is 6.42 Å². The average Bonchev–Trinajstić information content (AvgIpc) is 2.23. The van der Waals surface area contributed by atoms with E-state index in [2.05, 4.69) is 5.16 Å². The highest BCUT2D eigenvalue weighted by Crippen LogP contribution is 2.27. The van der Waals surface area contributed by atoms with Crippen LogP contribution in [0.4, 0.5) is 13.2 Å². The number of oxime groups is 1. The summed E-state index contributed by atoms with van der Waals surface area (Å²) in [5.74, 6) is -1.83. The van der Waals surface area contributed by atoms with Crippen molar-refractivity contribution in [1.82, 2.24) is 4.90 Å². The van der Waals surface area contributed by atoms with Crippen molar-refractivity contribution >= 4 is 17.6 Å². The SMILES string of the molecule is CSCCCN(C)CC(C(N)=NO)C(F)(F)F. The Kier molecular flexibility index (Phi) is 7.37. The lowest BCUT2D eigenvalue weighted by Gasteiger charge is -2.24. The molecule has 0 aromatic heterocycles. The average molecular weight is 273 g/mol. The molecular formula is C9H18F3N3OS. The molecule has 0 amide bonds. The first-order chi connectivity index (χ1) is 7.82. The highest BCUT2D eigenvalue weighted by atomic mass is 32.2. The lowest BCUT2D eigenvalue weighted by Crippen LogP contribution is -2.43. The largest absolute Gasteiger partial charge is 0.409 e. The Labute approximate surface area is 103 Å². The molecule has 0 saturated heterocycles. The monoisotopic (exact) mass is 273 g/mol. The second-order valence-corrected chi connectivity index (χ2v) is 4.71. The van der Waals surface area contributed by atoms with Gasteiger partial charge in [-0.1, -0.05) is 5.16 Å². The van der Waals surface area contributed by atoms with E-state index in [-0.39, 0.29) is 6.54 Å². The maximum Gasteiger partial charge on any atom is 0.400 e. The van der Waals surface area contributed by atoms with Crippen molar-refractivity contribution in [2.24, 2.45) is 16.8 Å². The minimum Gasteiger partial charge on any atom is -0.409 e. The van der Waals surface area contributed by atoms with E-state index >= 15 is 0 Å². The van der Waals surface area contributed by atoms with Crippen LogP contribution in [0.5, 0.6) is 0 Å². The van der Waals surface area contributed by atoms with Crippen molar-refractivity contribution in [3.63, 3.8) is 0 Å². The lowest BCUT2D eigenvalue weighted by molar-refractivity contribution is -0.159. The Bertz CT molecular complexity index is 248. The van der Waals surface area contributed by atoms with E-state index < -0.39 is 17.9 Å². The van der Waals surface area contributed by atoms with E-state index in [1.807, 2.05) is 6.26 Å². The summed E-state index contributed by atoms with van der Waals surface area (Å²) >= 11 is 1.64. The molecule has 4 nitrogen and oxygen atoms in total. The summed E-state index contributed by atoms with van der Waals surface area (Å²) in [6.07, 6.45) is -1.75. The Balaban J connectivity index is 4.35. The molecular weight excluding hydrogens is 255 g/mol. The number of hydrogen-bond acceptors (Lipinski definition) is 4. The van der Waals surface area contributed by atoms with Gasteiger partial charge in [-0.15, -0.1) is 0 Å². The Morgan fingerprint density at radius 3 is 2.53 bits per heavy atom. The molecule has 17 heavy (non-hydrogen) atoms. The van der Waals surface area contributed by atoms with Gasteiger partial charge in [0.1, 0.15) is 5.92 Å². The molecule has 3 N–H and O–H groups in total. The zero-order valence-electron chi connectivity index (χ0n) is 9.87. The second-order valence-electron chi connectivity index (χ2n) is 3.73. The number of rotatable bonds is 7. The van der Waals surface area contributed by atoms with Gasteiger partial charge in [-0.05, 0) is 32.0 Å². The van der Waals surface area contributed by atoms with Gasteiger partial charge in [0.15, 0.2) is 5.84 Å². The van der Waals surface area contributed by atoms with Crippen molar-refractivity contribution in [1.29, 1.82) is 0 Å². The van der Waals surface area contributed by atoms with Crippen LogP contribution in [0, 0.1) is 5.92 Å². The van der Waals surface area contributed by atoms with Crippen LogP contribution < -0.4 is 5.73 Å². The fourth-order valence-corrected chi connectivity index (χ4v) is 1.73. The molecule has 0 heterocycles. The standard InChI is InChI=1S/C9H18F3N3OS/c1-15(4-3-5-17-2)6-7(8(13)14-16)9(10,11)12/h7,16H,3-6H2,1-2H3,(H2,13,14). The van der Waals surface area contributed by atoms with E-state index in [4.69, 9.17) is 10.9 Å². The van der Waals surface area contributed by atoms with E-state index in [1.54, 1.807) is 18.8 Å². The van der Waals surface area contributed by atoms with Crippen molar-refractivity contribution in [2.75, 3.05) is 32.1 Å². The van der Waals surface area contributed by atoms with Crippen molar-refractivity contribution < 1.29 is 18.4 Å². The molecule has 0 fully saturated rings. The van der Waals surface area contributed by atoms with Gasteiger partial charge in [-0.25, -0.2) is 0 Å². The van der Waals surface area contributed by atoms with Gasteiger partial charge < -0.3 is 15.8 Å². The number of amidine groups is 1. The van der Waals surface area contributed by atoms with Crippen LogP contribution in [0.2, 0.25) is 0 Å². The maximum absolute atomic E-state index is 12.6. The van der Waals surface area contributed by atoms with Crippen molar-refractivity contribution in [3.05, 3.63) is 0 Å². The van der Waals surface area contributed by atoms with Gasteiger partial charge in [0, 0.05) is 6.54 Å². The second kappa shape index (κ2) is 7.65. The minimum absolute atomic E-state index is 0.298. The summed E-state index contributed by atoms with van der Waals surface area (Å²) in [7, 11) is 1.59. The molecule has 0 aliphatic carbocycles. The van der Waals surface area contributed by atoms with E-state index in [1.165, 1.54) is 4.90 Å². The third-order valence-electron chi connectivity index (χ3n) is 2.25. The summed E-state index contributed by atoms with van der Waals surface area (Å²) in [4.78, 5) is 1.53. The molecule has 0 radical (unpaired) electrons. The highest BCUT2D eigenvalue weighted by molar-refractivity contribution is 7.98. The van der Waals surface area contributed by atoms with Crippen LogP contribution >= 0.6 is 11.8 Å². The molecule has 1 atom stereocenters. The maximum atomic E-state index is 12.6. The fraction of sp³-hybridized carbons (Fsp3) is 0.889. The molecule has 102 valence electrons. The topological polar surface area (TPSA) is 61.8 Å². The summed E-state index contributed by atoms with van der Waals surface area (Å²) in [5, 5.41) is 10.8. The van der Waals surface area contributed by atoms with Gasteiger partial charge in [0.2, 0.25) is 0 Å². The first-order valence-electron chi connectivity index (χ1n) is 5.04. The first-order valence-corrected chi connectivity index (χ1v) is 6.44. The zero-order chi connectivity index (χ0) is 13.5. The van der Waals surface area contributed by atoms with E-state index in [0.717, 1.165) is 12.2 Å². The molecule has 1 unspecified atom stereocenters. The molecule has 0 spiro atoms. The van der Waals surface area contributed by atoms with Crippen LogP contribution in [0.3, 0.4) is 0 Å². The third kappa shape index (κ3) is 6.62. The number of nitrogens with zero attached hydrogens (tertiary/aromatic N) is 2. The molecule has 0 bridgehead atoms. The molecule has 0 aliphatic heterocycles. The normalized spacial score (nSPS) is 15.3. The predicted octanol–water partition coefficient (Wildman–Crippen LogP) is 1.60. The Morgan fingerprint density at radius 2 is 2.12 bits per heavy atom. The zero-order valence-corrected chi connectivity index (χ0v) is 10.7. The summed E-state index contributed by atoms with van der Waals surface area (Å²) in [5.41, 5.74) is 5.06. The number of thioether (sulfide) groups is 1. The summed E-state index contributed by atoms with van der Waals surface area (Å²) in [6, 6.07) is 0. The van der Waals surface area contributed by atoms with Gasteiger partial charge in [-0.2, -0.15) is 24.9 Å². The number of nitrogens with two attached hydrogens (primary N) is 1. The summed E-state index contributed by atoms with van der Waals surface area (Å²) in [6.45, 7) is 0.250. The van der Waals surface area contributed by atoms with Crippen LogP contribution in [-0.2, 0) is 0 Å². The molecule has 0 aromatic rings. The molecule has 0 rings (SSSR count). The fourth-order valence-electron chi connectivity index (χ4n) is 1.32. The molecule has 0 saturated carbocycles. The Morgan fingerprint density at radius 1 is 1.53 bits per heavy atom. The van der Waals surface area contributed by atoms with Crippen molar-refractivity contribution in [2.45, 2.75) is 12.6 Å². The van der Waals surface area contributed by atoms with Gasteiger partial charge >= 0.3 is 6.18 Å². The highest BCUT2D eigenvalue weighted by Gasteiger charge is 2.43. The van der Waals surface area contributed by atoms with E-state index in [9.17, 15) is 13.2 Å². The predicted molar refractivity (Wildman–Crippen MR) is 63.4 cm³/mol. The van der Waals surface area contributed by atoms with Gasteiger partial charge in [-0.3, -0.25) is 0 Å². The lowest BCUT2D eigenvalue weighted by atomic mass is 10.1. The number of hydrogen-bond donors (Lipinski definition) is 2. The van der Waals surface area contributed by atoms with Crippen LogP contribution in [-0.4, -0.2) is 54.3 Å². The number of halogens is 3. The van der Waals surface area contributed by atoms with Crippen molar-refractivity contribution in [3.8, 4) is 0 Å². The quantitative estimate of drug-likeness (QED) is 0.243. The Hall–Kier alpha value is -0.630. The molecule has 8 heteroatoms. The van der Waals surface area contributed by atoms with E-state index in [0.29, 0.717) is 6.54 Å². The smallest absolute Gasteiger partial charge is 0.400 e. The summed E-state index contributed by atoms with van der Waals surface area (Å²) < 4.78 is 37.8. The first kappa shape index (κ1) is 16.4. The van der Waals surface area contributed by atoms with Crippen LogP contribution in [0.25, 0.3) is 0 Å². The van der Waals surface area contributed by atoms with Gasteiger partial charge in [0.05, 0.1) is 0 Å².